The van der Waals surface area contributed by atoms with Crippen molar-refractivity contribution in [1.29, 1.82) is 0 Å². The van der Waals surface area contributed by atoms with Crippen LogP contribution in [0.5, 0.6) is 0 Å². The predicted molar refractivity (Wildman–Crippen MR) is 92.8 cm³/mol. The molecule has 0 unspecified atom stereocenters. The van der Waals surface area contributed by atoms with Gasteiger partial charge in [-0.25, -0.2) is 0 Å². The van der Waals surface area contributed by atoms with Crippen molar-refractivity contribution in [1.82, 2.24) is 9.47 Å². The van der Waals surface area contributed by atoms with Crippen molar-refractivity contribution in [2.75, 3.05) is 13.1 Å². The maximum Gasteiger partial charge on any atom is 0.303 e. The SMILES string of the molecule is Cn1cc(CCC(=O)N2CCC(CC(=O)O)CC2)c2ccccc21. The van der Waals surface area contributed by atoms with Gasteiger partial charge < -0.3 is 14.6 Å². The number of hydrogen-bond donors (Lipinski definition) is 1. The summed E-state index contributed by atoms with van der Waals surface area (Å²) in [6.07, 6.45) is 5.18. The molecule has 2 aromatic rings. The van der Waals surface area contributed by atoms with Gasteiger partial charge in [-0.1, -0.05) is 18.2 Å². The van der Waals surface area contributed by atoms with Gasteiger partial charge in [0.05, 0.1) is 0 Å². The van der Waals surface area contributed by atoms with Gasteiger partial charge in [-0.2, -0.15) is 0 Å². The maximum absolute atomic E-state index is 12.4. The zero-order valence-corrected chi connectivity index (χ0v) is 14.1. The fraction of sp³-hybridized carbons (Fsp3) is 0.474. The number of aliphatic carboxylic acids is 1. The third kappa shape index (κ3) is 3.61. The van der Waals surface area contributed by atoms with Crippen molar-refractivity contribution in [3.05, 3.63) is 36.0 Å². The lowest BCUT2D eigenvalue weighted by molar-refractivity contribution is -0.138. The largest absolute Gasteiger partial charge is 0.481 e. The van der Waals surface area contributed by atoms with Crippen LogP contribution in [-0.4, -0.2) is 39.5 Å². The number of hydrogen-bond acceptors (Lipinski definition) is 2. The van der Waals surface area contributed by atoms with Crippen molar-refractivity contribution in [3.63, 3.8) is 0 Å². The van der Waals surface area contributed by atoms with Gasteiger partial charge in [-0.15, -0.1) is 0 Å². The third-order valence-corrected chi connectivity index (χ3v) is 5.02. The molecule has 128 valence electrons. The summed E-state index contributed by atoms with van der Waals surface area (Å²) in [6.45, 7) is 1.37. The number of carbonyl (C=O) groups is 2. The molecule has 1 aliphatic rings. The number of carbonyl (C=O) groups excluding carboxylic acids is 1. The Balaban J connectivity index is 1.55. The van der Waals surface area contributed by atoms with E-state index in [9.17, 15) is 9.59 Å². The molecule has 5 heteroatoms. The molecule has 1 aromatic carbocycles. The minimum absolute atomic E-state index is 0.178. The molecule has 1 amide bonds. The number of nitrogens with zero attached hydrogens (tertiary/aromatic N) is 2. The number of amides is 1. The number of aryl methyl sites for hydroxylation is 2. The summed E-state index contributed by atoms with van der Waals surface area (Å²) in [5.74, 6) is -0.350. The second-order valence-electron chi connectivity index (χ2n) is 6.70. The topological polar surface area (TPSA) is 62.5 Å². The first-order valence-corrected chi connectivity index (χ1v) is 8.57. The number of aromatic nitrogens is 1. The van der Waals surface area contributed by atoms with E-state index in [-0.39, 0.29) is 18.2 Å². The first kappa shape index (κ1) is 16.6. The van der Waals surface area contributed by atoms with E-state index in [1.54, 1.807) is 0 Å². The molecule has 1 saturated heterocycles. The van der Waals surface area contributed by atoms with Gasteiger partial charge in [0.15, 0.2) is 0 Å². The number of piperidine rings is 1. The predicted octanol–water partition coefficient (Wildman–Crippen LogP) is 2.82. The molecule has 0 atom stereocenters. The molecule has 5 nitrogen and oxygen atoms in total. The standard InChI is InChI=1S/C19H24N2O3/c1-20-13-15(16-4-2-3-5-17(16)20)6-7-18(22)21-10-8-14(9-11-21)12-19(23)24/h2-5,13-14H,6-12H2,1H3,(H,23,24). The number of fused-ring (bicyclic) bond motifs is 1. The van der Waals surface area contributed by atoms with Gasteiger partial charge in [0.2, 0.25) is 5.91 Å². The van der Waals surface area contributed by atoms with E-state index in [2.05, 4.69) is 22.9 Å². The minimum atomic E-state index is -0.740. The fourth-order valence-electron chi connectivity index (χ4n) is 3.66. The molecule has 3 rings (SSSR count). The highest BCUT2D eigenvalue weighted by atomic mass is 16.4. The van der Waals surface area contributed by atoms with E-state index in [0.29, 0.717) is 19.5 Å². The Bertz CT molecular complexity index is 742. The lowest BCUT2D eigenvalue weighted by atomic mass is 9.93. The lowest BCUT2D eigenvalue weighted by Gasteiger charge is -2.31. The molecule has 0 bridgehead atoms. The molecule has 0 aliphatic carbocycles. The Kier molecular flexibility index (Phi) is 4.88. The molecule has 0 radical (unpaired) electrons. The van der Waals surface area contributed by atoms with Gasteiger partial charge >= 0.3 is 5.97 Å². The molecule has 1 aliphatic heterocycles. The number of benzene rings is 1. The Labute approximate surface area is 141 Å². The van der Waals surface area contributed by atoms with Crippen LogP contribution in [0.25, 0.3) is 10.9 Å². The Morgan fingerprint density at radius 2 is 1.92 bits per heavy atom. The van der Waals surface area contributed by atoms with E-state index in [1.165, 1.54) is 16.5 Å². The number of rotatable bonds is 5. The van der Waals surface area contributed by atoms with Crippen LogP contribution >= 0.6 is 0 Å². The average Bonchev–Trinajstić information content (AvgIpc) is 2.89. The van der Waals surface area contributed by atoms with Crippen LogP contribution in [0.1, 0.15) is 31.2 Å². The molecule has 0 spiro atoms. The number of carboxylic acid groups (broad SMARTS) is 1. The van der Waals surface area contributed by atoms with Crippen LogP contribution < -0.4 is 0 Å². The Morgan fingerprint density at radius 3 is 2.62 bits per heavy atom. The van der Waals surface area contributed by atoms with Crippen molar-refractivity contribution >= 4 is 22.8 Å². The molecule has 2 heterocycles. The number of likely N-dealkylation sites (tertiary alicyclic amines) is 1. The summed E-state index contributed by atoms with van der Waals surface area (Å²) in [5.41, 5.74) is 2.40. The van der Waals surface area contributed by atoms with E-state index in [1.807, 2.05) is 24.1 Å². The zero-order valence-electron chi connectivity index (χ0n) is 14.1. The van der Waals surface area contributed by atoms with E-state index >= 15 is 0 Å². The highest BCUT2D eigenvalue weighted by Crippen LogP contribution is 2.23. The zero-order chi connectivity index (χ0) is 17.1. The molecular formula is C19H24N2O3. The van der Waals surface area contributed by atoms with Crippen LogP contribution in [-0.2, 0) is 23.1 Å². The normalized spacial score (nSPS) is 15.8. The maximum atomic E-state index is 12.4. The van der Waals surface area contributed by atoms with Gasteiger partial charge in [-0.05, 0) is 36.8 Å². The van der Waals surface area contributed by atoms with Crippen LogP contribution in [0, 0.1) is 5.92 Å². The summed E-state index contributed by atoms with van der Waals surface area (Å²) >= 11 is 0. The van der Waals surface area contributed by atoms with Crippen LogP contribution in [0.15, 0.2) is 30.5 Å². The van der Waals surface area contributed by atoms with E-state index in [4.69, 9.17) is 5.11 Å². The van der Waals surface area contributed by atoms with Gasteiger partial charge in [0.25, 0.3) is 0 Å². The van der Waals surface area contributed by atoms with Gasteiger partial charge in [0, 0.05) is 50.1 Å². The van der Waals surface area contributed by atoms with Crippen molar-refractivity contribution in [2.24, 2.45) is 13.0 Å². The van der Waals surface area contributed by atoms with Gasteiger partial charge in [-0.3, -0.25) is 9.59 Å². The minimum Gasteiger partial charge on any atom is -0.481 e. The highest BCUT2D eigenvalue weighted by Gasteiger charge is 2.24. The van der Waals surface area contributed by atoms with E-state index in [0.717, 1.165) is 19.3 Å². The molecule has 1 fully saturated rings. The summed E-state index contributed by atoms with van der Waals surface area (Å²) in [6, 6.07) is 8.25. The number of para-hydroxylation sites is 1. The molecule has 24 heavy (non-hydrogen) atoms. The second kappa shape index (κ2) is 7.07. The van der Waals surface area contributed by atoms with Crippen molar-refractivity contribution in [2.45, 2.75) is 32.1 Å². The smallest absolute Gasteiger partial charge is 0.303 e. The first-order chi connectivity index (χ1) is 11.5. The Morgan fingerprint density at radius 1 is 1.21 bits per heavy atom. The van der Waals surface area contributed by atoms with Gasteiger partial charge in [0.1, 0.15) is 0 Å². The Hall–Kier alpha value is -2.30. The first-order valence-electron chi connectivity index (χ1n) is 8.57. The molecular weight excluding hydrogens is 304 g/mol. The number of carboxylic acids is 1. The monoisotopic (exact) mass is 328 g/mol. The van der Waals surface area contributed by atoms with Crippen molar-refractivity contribution in [3.8, 4) is 0 Å². The second-order valence-corrected chi connectivity index (χ2v) is 6.70. The molecule has 1 N–H and O–H groups in total. The third-order valence-electron chi connectivity index (χ3n) is 5.02. The quantitative estimate of drug-likeness (QED) is 0.918. The summed E-state index contributed by atoms with van der Waals surface area (Å²) in [7, 11) is 2.03. The van der Waals surface area contributed by atoms with E-state index < -0.39 is 5.97 Å². The molecule has 1 aromatic heterocycles. The highest BCUT2D eigenvalue weighted by molar-refractivity contribution is 5.85. The summed E-state index contributed by atoms with van der Waals surface area (Å²) in [5, 5.41) is 10.1. The fourth-order valence-corrected chi connectivity index (χ4v) is 3.66. The summed E-state index contributed by atoms with van der Waals surface area (Å²) in [4.78, 5) is 25.1. The van der Waals surface area contributed by atoms with Crippen LogP contribution in [0.2, 0.25) is 0 Å². The van der Waals surface area contributed by atoms with Crippen molar-refractivity contribution < 1.29 is 14.7 Å². The summed E-state index contributed by atoms with van der Waals surface area (Å²) < 4.78 is 2.10. The average molecular weight is 328 g/mol. The lowest BCUT2D eigenvalue weighted by Crippen LogP contribution is -2.39. The van der Waals surface area contributed by atoms with Crippen LogP contribution in [0.4, 0.5) is 0 Å². The molecule has 0 saturated carbocycles. The van der Waals surface area contributed by atoms with Crippen LogP contribution in [0.3, 0.4) is 0 Å².